The van der Waals surface area contributed by atoms with Gasteiger partial charge in [0.25, 0.3) is 0 Å². The Labute approximate surface area is 145 Å². The van der Waals surface area contributed by atoms with E-state index in [4.69, 9.17) is 5.84 Å². The summed E-state index contributed by atoms with van der Waals surface area (Å²) in [5.41, 5.74) is 4.95. The molecule has 2 aromatic carbocycles. The first-order valence-electron chi connectivity index (χ1n) is 7.76. The summed E-state index contributed by atoms with van der Waals surface area (Å²) < 4.78 is 13.3. The number of aryl methyl sites for hydroxylation is 1. The first-order valence-corrected chi connectivity index (χ1v) is 7.76. The lowest BCUT2D eigenvalue weighted by molar-refractivity contribution is 0.627. The lowest BCUT2D eigenvalue weighted by atomic mass is 9.97. The molecule has 0 unspecified atom stereocenters. The minimum Gasteiger partial charge on any atom is -0.323 e. The summed E-state index contributed by atoms with van der Waals surface area (Å²) >= 11 is 0. The van der Waals surface area contributed by atoms with Crippen LogP contribution < -0.4 is 5.84 Å². The number of rotatable bonds is 4. The first kappa shape index (κ1) is 16.5. The lowest BCUT2D eigenvalue weighted by Crippen LogP contribution is -2.06. The molecule has 3 aromatic rings. The van der Waals surface area contributed by atoms with Gasteiger partial charge in [0.1, 0.15) is 11.5 Å². The molecule has 0 aliphatic carbocycles. The maximum absolute atomic E-state index is 13.3. The second-order valence-electron chi connectivity index (χ2n) is 5.52. The Morgan fingerprint density at radius 3 is 2.60 bits per heavy atom. The summed E-state index contributed by atoms with van der Waals surface area (Å²) in [7, 11) is 0. The van der Waals surface area contributed by atoms with Gasteiger partial charge >= 0.3 is 0 Å². The van der Waals surface area contributed by atoms with Gasteiger partial charge in [-0.05, 0) is 53.9 Å². The van der Waals surface area contributed by atoms with E-state index in [9.17, 15) is 4.39 Å². The van der Waals surface area contributed by atoms with Crippen molar-refractivity contribution in [2.24, 2.45) is 15.9 Å². The quantitative estimate of drug-likeness (QED) is 0.441. The summed E-state index contributed by atoms with van der Waals surface area (Å²) in [6.07, 6.45) is 4.96. The van der Waals surface area contributed by atoms with E-state index in [2.05, 4.69) is 15.1 Å². The maximum atomic E-state index is 13.3. The van der Waals surface area contributed by atoms with Gasteiger partial charge in [0.15, 0.2) is 0 Å². The molecular formula is C20H17FN4. The van der Waals surface area contributed by atoms with E-state index in [1.165, 1.54) is 12.1 Å². The highest BCUT2D eigenvalue weighted by molar-refractivity contribution is 6.38. The molecule has 0 fully saturated rings. The second kappa shape index (κ2) is 7.49. The van der Waals surface area contributed by atoms with Gasteiger partial charge in [-0.15, -0.1) is 0 Å². The Balaban J connectivity index is 1.93. The summed E-state index contributed by atoms with van der Waals surface area (Å²) in [6.45, 7) is 1.88. The molecule has 0 aliphatic heterocycles. The summed E-state index contributed by atoms with van der Waals surface area (Å²) in [6, 6.07) is 16.1. The molecule has 0 amide bonds. The Bertz CT molecular complexity index is 933. The van der Waals surface area contributed by atoms with Crippen LogP contribution in [0.3, 0.4) is 0 Å². The molecule has 1 heterocycles. The summed E-state index contributed by atoms with van der Waals surface area (Å²) in [4.78, 5) is 8.31. The van der Waals surface area contributed by atoms with Crippen molar-refractivity contribution in [2.45, 2.75) is 6.92 Å². The molecule has 0 radical (unpaired) electrons. The van der Waals surface area contributed by atoms with Gasteiger partial charge in [-0.1, -0.05) is 24.3 Å². The van der Waals surface area contributed by atoms with Gasteiger partial charge in [0.2, 0.25) is 0 Å². The Morgan fingerprint density at radius 2 is 1.88 bits per heavy atom. The minimum atomic E-state index is -0.244. The number of nitrogens with zero attached hydrogens (tertiary/aromatic N) is 3. The summed E-state index contributed by atoms with van der Waals surface area (Å²) in [5.74, 6) is 5.30. The van der Waals surface area contributed by atoms with Crippen molar-refractivity contribution in [3.63, 3.8) is 0 Å². The Hall–Kier alpha value is -3.34. The smallest absolute Gasteiger partial charge is 0.123 e. The average molecular weight is 332 g/mol. The van der Waals surface area contributed by atoms with Gasteiger partial charge in [-0.2, -0.15) is 5.10 Å². The zero-order valence-electron chi connectivity index (χ0n) is 13.7. The number of halogens is 1. The van der Waals surface area contributed by atoms with Gasteiger partial charge in [0, 0.05) is 18.0 Å². The number of hydrazone groups is 1. The standard InChI is InChI=1S/C20H17FN4/c1-14-11-17(21)5-6-19(14)15-3-2-4-16(12-15)20(25-22)13-24-18-7-9-23-10-8-18/h2-13H,22H2,1H3. The maximum Gasteiger partial charge on any atom is 0.123 e. The Morgan fingerprint density at radius 1 is 1.08 bits per heavy atom. The molecule has 2 N–H and O–H groups in total. The molecule has 4 nitrogen and oxygen atoms in total. The van der Waals surface area contributed by atoms with Crippen molar-refractivity contribution >= 4 is 17.6 Å². The van der Waals surface area contributed by atoms with Crippen molar-refractivity contribution in [2.75, 3.05) is 0 Å². The van der Waals surface area contributed by atoms with E-state index in [0.29, 0.717) is 5.71 Å². The number of aliphatic imine (C=N–C) groups is 1. The van der Waals surface area contributed by atoms with E-state index < -0.39 is 0 Å². The predicted octanol–water partition coefficient (Wildman–Crippen LogP) is 4.26. The molecule has 5 heteroatoms. The SMILES string of the molecule is Cc1cc(F)ccc1-c1cccc(C(C=Nc2ccncc2)=NN)c1. The van der Waals surface area contributed by atoms with Crippen molar-refractivity contribution < 1.29 is 4.39 Å². The molecule has 25 heavy (non-hydrogen) atoms. The molecular weight excluding hydrogens is 315 g/mol. The molecule has 0 saturated heterocycles. The lowest BCUT2D eigenvalue weighted by Gasteiger charge is -2.08. The van der Waals surface area contributed by atoms with Crippen LogP contribution in [0.5, 0.6) is 0 Å². The molecule has 0 spiro atoms. The molecule has 0 atom stereocenters. The van der Waals surface area contributed by atoms with Crippen molar-refractivity contribution in [1.82, 2.24) is 4.98 Å². The van der Waals surface area contributed by atoms with Crippen molar-refractivity contribution in [3.05, 3.63) is 83.9 Å². The van der Waals surface area contributed by atoms with E-state index in [1.54, 1.807) is 36.8 Å². The van der Waals surface area contributed by atoms with E-state index in [-0.39, 0.29) is 5.82 Å². The highest BCUT2D eigenvalue weighted by Gasteiger charge is 2.07. The zero-order chi connectivity index (χ0) is 17.6. The van der Waals surface area contributed by atoms with Crippen molar-refractivity contribution in [1.29, 1.82) is 0 Å². The minimum absolute atomic E-state index is 0.244. The third kappa shape index (κ3) is 3.95. The number of nitrogens with two attached hydrogens (primary N) is 1. The van der Waals surface area contributed by atoms with Crippen LogP contribution >= 0.6 is 0 Å². The van der Waals surface area contributed by atoms with E-state index in [1.807, 2.05) is 31.2 Å². The van der Waals surface area contributed by atoms with Crippen LogP contribution in [0.4, 0.5) is 10.1 Å². The predicted molar refractivity (Wildman–Crippen MR) is 99.7 cm³/mol. The van der Waals surface area contributed by atoms with E-state index >= 15 is 0 Å². The van der Waals surface area contributed by atoms with Crippen LogP contribution in [-0.4, -0.2) is 16.9 Å². The van der Waals surface area contributed by atoms with Gasteiger partial charge in [0.05, 0.1) is 11.9 Å². The number of hydrogen-bond acceptors (Lipinski definition) is 4. The highest BCUT2D eigenvalue weighted by atomic mass is 19.1. The molecule has 1 aromatic heterocycles. The molecule has 3 rings (SSSR count). The molecule has 0 aliphatic rings. The number of pyridine rings is 1. The van der Waals surface area contributed by atoms with Crippen LogP contribution in [0.25, 0.3) is 11.1 Å². The third-order valence-corrected chi connectivity index (χ3v) is 3.80. The summed E-state index contributed by atoms with van der Waals surface area (Å²) in [5, 5.41) is 3.84. The second-order valence-corrected chi connectivity index (χ2v) is 5.52. The molecule has 124 valence electrons. The zero-order valence-corrected chi connectivity index (χ0v) is 13.7. The van der Waals surface area contributed by atoms with Crippen molar-refractivity contribution in [3.8, 4) is 11.1 Å². The number of aromatic nitrogens is 1. The first-order chi connectivity index (χ1) is 12.2. The van der Waals surface area contributed by atoms with Crippen LogP contribution in [0.15, 0.2) is 77.1 Å². The van der Waals surface area contributed by atoms with Gasteiger partial charge in [-0.25, -0.2) is 4.39 Å². The molecule has 0 bridgehead atoms. The normalized spacial score (nSPS) is 11.8. The Kier molecular flexibility index (Phi) is 4.95. The highest BCUT2D eigenvalue weighted by Crippen LogP contribution is 2.25. The monoisotopic (exact) mass is 332 g/mol. The van der Waals surface area contributed by atoms with Crippen LogP contribution in [0.2, 0.25) is 0 Å². The van der Waals surface area contributed by atoms with Crippen LogP contribution in [-0.2, 0) is 0 Å². The van der Waals surface area contributed by atoms with Gasteiger partial charge < -0.3 is 5.84 Å². The van der Waals surface area contributed by atoms with Gasteiger partial charge in [-0.3, -0.25) is 9.98 Å². The van der Waals surface area contributed by atoms with Crippen LogP contribution in [0, 0.1) is 12.7 Å². The van der Waals surface area contributed by atoms with Crippen LogP contribution in [0.1, 0.15) is 11.1 Å². The largest absolute Gasteiger partial charge is 0.323 e. The fourth-order valence-corrected chi connectivity index (χ4v) is 2.55. The fourth-order valence-electron chi connectivity index (χ4n) is 2.55. The topological polar surface area (TPSA) is 63.6 Å². The fraction of sp³-hybridized carbons (Fsp3) is 0.0500. The third-order valence-electron chi connectivity index (χ3n) is 3.80. The average Bonchev–Trinajstić information content (AvgIpc) is 2.63. The number of benzene rings is 2. The van der Waals surface area contributed by atoms with E-state index in [0.717, 1.165) is 27.9 Å². The number of hydrogen-bond donors (Lipinski definition) is 1. The molecule has 0 saturated carbocycles.